The maximum absolute atomic E-state index is 12.1. The topological polar surface area (TPSA) is 38.8 Å². The van der Waals surface area contributed by atoms with E-state index in [1.165, 1.54) is 19.3 Å². The summed E-state index contributed by atoms with van der Waals surface area (Å²) in [7, 11) is 0. The molecule has 1 saturated heterocycles. The fourth-order valence-electron chi connectivity index (χ4n) is 3.37. The maximum Gasteiger partial charge on any atom is 0.410 e. The Hall–Kier alpha value is -0.770. The fraction of sp³-hybridized carbons (Fsp3) is 0.923. The number of carbonyl (C=O) groups excluding carboxylic acids is 1. The fourth-order valence-corrected chi connectivity index (χ4v) is 3.37. The third-order valence-electron chi connectivity index (χ3n) is 4.29. The van der Waals surface area contributed by atoms with Crippen LogP contribution in [0.3, 0.4) is 0 Å². The molecule has 4 nitrogen and oxygen atoms in total. The van der Waals surface area contributed by atoms with Crippen LogP contribution in [0.5, 0.6) is 0 Å². The van der Waals surface area contributed by atoms with Gasteiger partial charge in [0.2, 0.25) is 0 Å². The predicted molar refractivity (Wildman–Crippen MR) is 62.8 cm³/mol. The molecular weight excluding hydrogens is 218 g/mol. The molecule has 17 heavy (non-hydrogen) atoms. The Morgan fingerprint density at radius 3 is 2.76 bits per heavy atom. The molecule has 3 rings (SSSR count). The zero-order chi connectivity index (χ0) is 11.7. The first-order valence-corrected chi connectivity index (χ1v) is 6.93. The van der Waals surface area contributed by atoms with Crippen molar-refractivity contribution >= 4 is 6.09 Å². The molecule has 0 radical (unpaired) electrons. The van der Waals surface area contributed by atoms with Crippen molar-refractivity contribution in [3.63, 3.8) is 0 Å². The van der Waals surface area contributed by atoms with Gasteiger partial charge in [-0.2, -0.15) is 0 Å². The summed E-state index contributed by atoms with van der Waals surface area (Å²) < 4.78 is 11.3. The number of rotatable bonds is 1. The molecule has 0 aromatic rings. The van der Waals surface area contributed by atoms with Crippen LogP contribution in [0.15, 0.2) is 0 Å². The zero-order valence-corrected chi connectivity index (χ0v) is 10.3. The molecule has 2 saturated carbocycles. The molecule has 0 N–H and O–H groups in total. The van der Waals surface area contributed by atoms with E-state index in [-0.39, 0.29) is 24.3 Å². The summed E-state index contributed by atoms with van der Waals surface area (Å²) in [4.78, 5) is 14.1. The Labute approximate surface area is 102 Å². The second-order valence-electron chi connectivity index (χ2n) is 5.39. The van der Waals surface area contributed by atoms with Crippen LogP contribution < -0.4 is 0 Å². The minimum atomic E-state index is -0.0999. The number of ether oxygens (including phenoxy) is 2. The summed E-state index contributed by atoms with van der Waals surface area (Å²) in [5, 5.41) is 0. The largest absolute Gasteiger partial charge is 0.446 e. The number of hydrogen-bond acceptors (Lipinski definition) is 3. The van der Waals surface area contributed by atoms with Crippen molar-refractivity contribution in [2.24, 2.45) is 0 Å². The molecule has 1 amide bonds. The van der Waals surface area contributed by atoms with E-state index < -0.39 is 0 Å². The third-order valence-corrected chi connectivity index (χ3v) is 4.29. The van der Waals surface area contributed by atoms with Crippen LogP contribution in [-0.4, -0.2) is 42.4 Å². The third kappa shape index (κ3) is 2.28. The van der Waals surface area contributed by atoms with Gasteiger partial charge in [0.05, 0.1) is 18.8 Å². The van der Waals surface area contributed by atoms with Gasteiger partial charge in [0, 0.05) is 6.54 Å². The van der Waals surface area contributed by atoms with Gasteiger partial charge < -0.3 is 14.4 Å². The second kappa shape index (κ2) is 4.84. The van der Waals surface area contributed by atoms with Crippen LogP contribution in [0.2, 0.25) is 0 Å². The van der Waals surface area contributed by atoms with Gasteiger partial charge in [-0.1, -0.05) is 0 Å². The monoisotopic (exact) mass is 239 g/mol. The maximum atomic E-state index is 12.1. The van der Waals surface area contributed by atoms with Gasteiger partial charge in [0.1, 0.15) is 6.10 Å². The van der Waals surface area contributed by atoms with Gasteiger partial charge in [-0.05, 0) is 44.9 Å². The van der Waals surface area contributed by atoms with Crippen molar-refractivity contribution in [1.82, 2.24) is 4.90 Å². The van der Waals surface area contributed by atoms with Crippen LogP contribution in [0.1, 0.15) is 44.9 Å². The molecule has 96 valence electrons. The Kier molecular flexibility index (Phi) is 3.23. The van der Waals surface area contributed by atoms with E-state index in [0.717, 1.165) is 25.7 Å². The number of hydrogen-bond donors (Lipinski definition) is 0. The Morgan fingerprint density at radius 1 is 1.12 bits per heavy atom. The van der Waals surface area contributed by atoms with Gasteiger partial charge >= 0.3 is 6.09 Å². The lowest BCUT2D eigenvalue weighted by Gasteiger charge is -2.37. The number of amides is 1. The first kappa shape index (κ1) is 11.3. The van der Waals surface area contributed by atoms with E-state index in [1.54, 1.807) is 0 Å². The summed E-state index contributed by atoms with van der Waals surface area (Å²) in [6.07, 6.45) is 8.17. The standard InChI is InChI=1S/C13H21NO3/c15-13(17-10-4-1-2-5-10)14-8-9-16-12-7-3-6-11(12)14/h10-12H,1-9H2. The highest BCUT2D eigenvalue weighted by atomic mass is 16.6. The molecule has 0 aromatic heterocycles. The highest BCUT2D eigenvalue weighted by Gasteiger charge is 2.39. The van der Waals surface area contributed by atoms with Crippen molar-refractivity contribution in [2.45, 2.75) is 63.2 Å². The molecule has 0 aromatic carbocycles. The summed E-state index contributed by atoms with van der Waals surface area (Å²) in [5.41, 5.74) is 0. The van der Waals surface area contributed by atoms with Crippen molar-refractivity contribution in [2.75, 3.05) is 13.2 Å². The number of fused-ring (bicyclic) bond motifs is 1. The molecule has 2 aliphatic carbocycles. The minimum absolute atomic E-state index is 0.0999. The molecule has 4 heteroatoms. The van der Waals surface area contributed by atoms with Crippen molar-refractivity contribution < 1.29 is 14.3 Å². The SMILES string of the molecule is O=C(OC1CCCC1)N1CCOC2CCCC21. The smallest absolute Gasteiger partial charge is 0.410 e. The quantitative estimate of drug-likeness (QED) is 0.705. The first-order valence-electron chi connectivity index (χ1n) is 6.93. The predicted octanol–water partition coefficient (Wildman–Crippen LogP) is 2.32. The highest BCUT2D eigenvalue weighted by molar-refractivity contribution is 5.68. The molecule has 1 aliphatic heterocycles. The van der Waals surface area contributed by atoms with E-state index in [9.17, 15) is 4.79 Å². The Morgan fingerprint density at radius 2 is 1.94 bits per heavy atom. The van der Waals surface area contributed by atoms with Crippen LogP contribution in [0.4, 0.5) is 4.79 Å². The summed E-state index contributed by atoms with van der Waals surface area (Å²) in [5.74, 6) is 0. The van der Waals surface area contributed by atoms with E-state index >= 15 is 0 Å². The normalized spacial score (nSPS) is 33.8. The molecule has 1 heterocycles. The molecular formula is C13H21NO3. The van der Waals surface area contributed by atoms with Crippen molar-refractivity contribution in [1.29, 1.82) is 0 Å². The van der Waals surface area contributed by atoms with Crippen LogP contribution in [0, 0.1) is 0 Å². The van der Waals surface area contributed by atoms with Crippen molar-refractivity contribution in [3.8, 4) is 0 Å². The lowest BCUT2D eigenvalue weighted by molar-refractivity contribution is -0.0560. The molecule has 2 atom stereocenters. The van der Waals surface area contributed by atoms with Gasteiger partial charge in [0.15, 0.2) is 0 Å². The second-order valence-corrected chi connectivity index (χ2v) is 5.39. The Bertz CT molecular complexity index is 288. The average Bonchev–Trinajstić information content (AvgIpc) is 2.97. The van der Waals surface area contributed by atoms with E-state index in [1.807, 2.05) is 4.90 Å². The summed E-state index contributed by atoms with van der Waals surface area (Å²) >= 11 is 0. The number of nitrogens with zero attached hydrogens (tertiary/aromatic N) is 1. The highest BCUT2D eigenvalue weighted by Crippen LogP contribution is 2.31. The minimum Gasteiger partial charge on any atom is -0.446 e. The number of carbonyl (C=O) groups is 1. The van der Waals surface area contributed by atoms with Crippen LogP contribution >= 0.6 is 0 Å². The molecule has 0 spiro atoms. The zero-order valence-electron chi connectivity index (χ0n) is 10.3. The average molecular weight is 239 g/mol. The molecule has 3 fully saturated rings. The molecule has 0 bridgehead atoms. The van der Waals surface area contributed by atoms with E-state index in [4.69, 9.17) is 9.47 Å². The van der Waals surface area contributed by atoms with Crippen molar-refractivity contribution in [3.05, 3.63) is 0 Å². The summed E-state index contributed by atoms with van der Waals surface area (Å²) in [6, 6.07) is 0.276. The molecule has 2 unspecified atom stereocenters. The van der Waals surface area contributed by atoms with Gasteiger partial charge in [0.25, 0.3) is 0 Å². The van der Waals surface area contributed by atoms with E-state index in [2.05, 4.69) is 0 Å². The van der Waals surface area contributed by atoms with Gasteiger partial charge in [-0.3, -0.25) is 0 Å². The lowest BCUT2D eigenvalue weighted by atomic mass is 10.1. The van der Waals surface area contributed by atoms with Gasteiger partial charge in [-0.25, -0.2) is 4.79 Å². The number of morpholine rings is 1. The molecule has 3 aliphatic rings. The first-order chi connectivity index (χ1) is 8.34. The van der Waals surface area contributed by atoms with Crippen LogP contribution in [-0.2, 0) is 9.47 Å². The van der Waals surface area contributed by atoms with Crippen LogP contribution in [0.25, 0.3) is 0 Å². The van der Waals surface area contributed by atoms with Gasteiger partial charge in [-0.15, -0.1) is 0 Å². The summed E-state index contributed by atoms with van der Waals surface area (Å²) in [6.45, 7) is 1.37. The Balaban J connectivity index is 1.59. The van der Waals surface area contributed by atoms with E-state index in [0.29, 0.717) is 13.2 Å². The lowest BCUT2D eigenvalue weighted by Crippen LogP contribution is -2.51.